The van der Waals surface area contributed by atoms with Gasteiger partial charge in [0.15, 0.2) is 0 Å². The fourth-order valence-electron chi connectivity index (χ4n) is 2.56. The highest BCUT2D eigenvalue weighted by Crippen LogP contribution is 2.27. The van der Waals surface area contributed by atoms with Gasteiger partial charge in [0.1, 0.15) is 5.82 Å². The Morgan fingerprint density at radius 2 is 1.96 bits per heavy atom. The highest BCUT2D eigenvalue weighted by atomic mass is 19.1. The number of halogens is 1. The minimum atomic E-state index is -0.598. The van der Waals surface area contributed by atoms with Crippen LogP contribution < -0.4 is 15.5 Å². The van der Waals surface area contributed by atoms with Crippen LogP contribution in [0.15, 0.2) is 24.3 Å². The predicted molar refractivity (Wildman–Crippen MR) is 87.8 cm³/mol. The van der Waals surface area contributed by atoms with Gasteiger partial charge in [-0.15, -0.1) is 0 Å². The van der Waals surface area contributed by atoms with E-state index in [0.29, 0.717) is 0 Å². The lowest BCUT2D eigenvalue weighted by molar-refractivity contribution is -0.129. The van der Waals surface area contributed by atoms with Gasteiger partial charge in [-0.25, -0.2) is 4.39 Å². The van der Waals surface area contributed by atoms with E-state index in [1.165, 1.54) is 23.1 Å². The van der Waals surface area contributed by atoms with Crippen LogP contribution in [0.25, 0.3) is 0 Å². The minimum Gasteiger partial charge on any atom is -0.350 e. The van der Waals surface area contributed by atoms with E-state index >= 15 is 0 Å². The van der Waals surface area contributed by atoms with Gasteiger partial charge in [0.05, 0.1) is 18.2 Å². The average Bonchev–Trinajstić information content (AvgIpc) is 2.85. The summed E-state index contributed by atoms with van der Waals surface area (Å²) >= 11 is 0. The van der Waals surface area contributed by atoms with Crippen LogP contribution in [-0.2, 0) is 14.4 Å². The van der Waals surface area contributed by atoms with Crippen LogP contribution in [0, 0.1) is 11.7 Å². The molecule has 1 aliphatic rings. The molecule has 0 bridgehead atoms. The summed E-state index contributed by atoms with van der Waals surface area (Å²) in [6.45, 7) is 5.48. The van der Waals surface area contributed by atoms with Crippen molar-refractivity contribution in [3.8, 4) is 0 Å². The Hall–Kier alpha value is -2.44. The highest BCUT2D eigenvalue weighted by molar-refractivity contribution is 6.00. The molecule has 2 N–H and O–H groups in total. The summed E-state index contributed by atoms with van der Waals surface area (Å²) in [5, 5.41) is 5.27. The van der Waals surface area contributed by atoms with E-state index < -0.39 is 11.7 Å². The molecule has 0 radical (unpaired) electrons. The summed E-state index contributed by atoms with van der Waals surface area (Å²) < 4.78 is 13.8. The zero-order chi connectivity index (χ0) is 17.9. The molecule has 1 aromatic rings. The van der Waals surface area contributed by atoms with Crippen molar-refractivity contribution in [3.63, 3.8) is 0 Å². The Morgan fingerprint density at radius 1 is 1.29 bits per heavy atom. The van der Waals surface area contributed by atoms with E-state index in [4.69, 9.17) is 0 Å². The summed E-state index contributed by atoms with van der Waals surface area (Å²) in [6, 6.07) is 5.95. The molecule has 24 heavy (non-hydrogen) atoms. The SMILES string of the molecule is CC(C)(C)NC(=O)CNC(=O)[C@H]1CC(=O)N(c2ccccc2F)C1. The fourth-order valence-corrected chi connectivity index (χ4v) is 2.56. The zero-order valence-corrected chi connectivity index (χ0v) is 14.1. The topological polar surface area (TPSA) is 78.5 Å². The Kier molecular flexibility index (Phi) is 5.21. The van der Waals surface area contributed by atoms with Gasteiger partial charge in [-0.05, 0) is 32.9 Å². The number of amides is 3. The van der Waals surface area contributed by atoms with Crippen molar-refractivity contribution in [2.75, 3.05) is 18.0 Å². The van der Waals surface area contributed by atoms with Crippen LogP contribution in [0.3, 0.4) is 0 Å². The number of carbonyl (C=O) groups is 3. The molecule has 130 valence electrons. The summed E-state index contributed by atoms with van der Waals surface area (Å²) in [7, 11) is 0. The molecule has 3 amide bonds. The Balaban J connectivity index is 1.92. The molecule has 1 heterocycles. The molecule has 1 fully saturated rings. The number of carbonyl (C=O) groups excluding carboxylic acids is 3. The molecule has 1 aliphatic heterocycles. The molecule has 2 rings (SSSR count). The molecule has 0 spiro atoms. The van der Waals surface area contributed by atoms with Gasteiger partial charge in [-0.1, -0.05) is 12.1 Å². The first-order valence-corrected chi connectivity index (χ1v) is 7.81. The van der Waals surface area contributed by atoms with Crippen LogP contribution in [0.2, 0.25) is 0 Å². The lowest BCUT2D eigenvalue weighted by Crippen LogP contribution is -2.46. The maximum atomic E-state index is 13.8. The third kappa shape index (κ3) is 4.53. The van der Waals surface area contributed by atoms with Crippen molar-refractivity contribution in [1.29, 1.82) is 0 Å². The van der Waals surface area contributed by atoms with E-state index in [2.05, 4.69) is 10.6 Å². The van der Waals surface area contributed by atoms with Crippen molar-refractivity contribution in [2.24, 2.45) is 5.92 Å². The number of hydrogen-bond acceptors (Lipinski definition) is 3. The van der Waals surface area contributed by atoms with Crippen LogP contribution in [-0.4, -0.2) is 36.3 Å². The quantitative estimate of drug-likeness (QED) is 0.868. The number of benzene rings is 1. The molecule has 1 saturated heterocycles. The fraction of sp³-hybridized carbons (Fsp3) is 0.471. The lowest BCUT2D eigenvalue weighted by Gasteiger charge is -2.21. The van der Waals surface area contributed by atoms with Crippen molar-refractivity contribution in [1.82, 2.24) is 10.6 Å². The number of nitrogens with zero attached hydrogens (tertiary/aromatic N) is 1. The number of rotatable bonds is 4. The van der Waals surface area contributed by atoms with Crippen LogP contribution >= 0.6 is 0 Å². The predicted octanol–water partition coefficient (Wildman–Crippen LogP) is 1.21. The molecule has 1 aromatic carbocycles. The normalized spacial score (nSPS) is 17.8. The molecule has 0 aliphatic carbocycles. The second-order valence-electron chi connectivity index (χ2n) is 6.87. The maximum absolute atomic E-state index is 13.8. The summed E-state index contributed by atoms with van der Waals surface area (Å²) in [5.41, 5.74) is -0.212. The number of anilines is 1. The smallest absolute Gasteiger partial charge is 0.239 e. The number of nitrogens with one attached hydrogen (secondary N) is 2. The van der Waals surface area contributed by atoms with Crippen LogP contribution in [0.1, 0.15) is 27.2 Å². The average molecular weight is 335 g/mol. The van der Waals surface area contributed by atoms with E-state index in [9.17, 15) is 18.8 Å². The van der Waals surface area contributed by atoms with Gasteiger partial charge in [0.2, 0.25) is 17.7 Å². The van der Waals surface area contributed by atoms with Gasteiger partial charge in [0.25, 0.3) is 0 Å². The third-order valence-electron chi connectivity index (χ3n) is 3.58. The van der Waals surface area contributed by atoms with Gasteiger partial charge in [-0.2, -0.15) is 0 Å². The molecule has 0 saturated carbocycles. The molecular weight excluding hydrogens is 313 g/mol. The largest absolute Gasteiger partial charge is 0.350 e. The molecule has 6 nitrogen and oxygen atoms in total. The highest BCUT2D eigenvalue weighted by Gasteiger charge is 2.36. The summed E-state index contributed by atoms with van der Waals surface area (Å²) in [4.78, 5) is 37.2. The first-order valence-electron chi connectivity index (χ1n) is 7.81. The minimum absolute atomic E-state index is 0.00105. The van der Waals surface area contributed by atoms with E-state index in [1.807, 2.05) is 20.8 Å². The molecule has 0 unspecified atom stereocenters. The zero-order valence-electron chi connectivity index (χ0n) is 14.1. The molecule has 0 aromatic heterocycles. The van der Waals surface area contributed by atoms with Crippen molar-refractivity contribution in [3.05, 3.63) is 30.1 Å². The Labute approximate surface area is 140 Å². The van der Waals surface area contributed by atoms with Gasteiger partial charge in [0, 0.05) is 18.5 Å². The van der Waals surface area contributed by atoms with Crippen molar-refractivity contribution >= 4 is 23.4 Å². The van der Waals surface area contributed by atoms with Gasteiger partial charge >= 0.3 is 0 Å². The maximum Gasteiger partial charge on any atom is 0.239 e. The second kappa shape index (κ2) is 6.98. The molecule has 7 heteroatoms. The number of hydrogen-bond donors (Lipinski definition) is 2. The lowest BCUT2D eigenvalue weighted by atomic mass is 10.1. The van der Waals surface area contributed by atoms with Crippen molar-refractivity contribution < 1.29 is 18.8 Å². The van der Waals surface area contributed by atoms with Crippen LogP contribution in [0.5, 0.6) is 0 Å². The van der Waals surface area contributed by atoms with Crippen LogP contribution in [0.4, 0.5) is 10.1 Å². The number of para-hydroxylation sites is 1. The third-order valence-corrected chi connectivity index (χ3v) is 3.58. The van der Waals surface area contributed by atoms with E-state index in [-0.39, 0.29) is 48.5 Å². The first-order chi connectivity index (χ1) is 11.2. The van der Waals surface area contributed by atoms with Crippen molar-refractivity contribution in [2.45, 2.75) is 32.7 Å². The Morgan fingerprint density at radius 3 is 2.58 bits per heavy atom. The molecule has 1 atom stereocenters. The monoisotopic (exact) mass is 335 g/mol. The summed E-state index contributed by atoms with van der Waals surface area (Å²) in [5.74, 6) is -2.09. The van der Waals surface area contributed by atoms with E-state index in [0.717, 1.165) is 0 Å². The van der Waals surface area contributed by atoms with E-state index in [1.54, 1.807) is 6.07 Å². The standard InChI is InChI=1S/C17H22FN3O3/c1-17(2,3)20-14(22)9-19-16(24)11-8-15(23)21(10-11)13-7-5-4-6-12(13)18/h4-7,11H,8-10H2,1-3H3,(H,19,24)(H,20,22)/t11-/m0/s1. The van der Waals surface area contributed by atoms with Gasteiger partial charge < -0.3 is 15.5 Å². The summed E-state index contributed by atoms with van der Waals surface area (Å²) in [6.07, 6.45) is 0.00105. The molecular formula is C17H22FN3O3. The Bertz CT molecular complexity index is 655. The second-order valence-corrected chi connectivity index (χ2v) is 6.87. The van der Waals surface area contributed by atoms with Gasteiger partial charge in [-0.3, -0.25) is 14.4 Å². The first kappa shape index (κ1) is 17.9.